The zero-order valence-corrected chi connectivity index (χ0v) is 9.76. The number of aliphatic hydroxyl groups excluding tert-OH is 1. The number of nitrogens with zero attached hydrogens (tertiary/aromatic N) is 2. The molecule has 1 aromatic heterocycles. The standard InChI is InChI=1S/C11H12ClN3O2/c12-8-3-1-2-7(4-8)5-10-14-11(17-15-10)9(13)6-16/h1-4,9,16H,5-6,13H2. The van der Waals surface area contributed by atoms with Crippen LogP contribution in [0.1, 0.15) is 23.3 Å². The van der Waals surface area contributed by atoms with Gasteiger partial charge in [0.1, 0.15) is 6.04 Å². The minimum absolute atomic E-state index is 0.223. The fraction of sp³-hybridized carbons (Fsp3) is 0.273. The number of halogens is 1. The lowest BCUT2D eigenvalue weighted by Crippen LogP contribution is -2.14. The van der Waals surface area contributed by atoms with Crippen molar-refractivity contribution in [1.82, 2.24) is 10.1 Å². The van der Waals surface area contributed by atoms with Gasteiger partial charge in [0.15, 0.2) is 5.82 Å². The Bertz CT molecular complexity index is 501. The highest BCUT2D eigenvalue weighted by Gasteiger charge is 2.13. The van der Waals surface area contributed by atoms with Crippen LogP contribution >= 0.6 is 11.6 Å². The molecular weight excluding hydrogens is 242 g/mol. The quantitative estimate of drug-likeness (QED) is 0.858. The van der Waals surface area contributed by atoms with Crippen LogP contribution in [-0.4, -0.2) is 21.9 Å². The van der Waals surface area contributed by atoms with Crippen LogP contribution in [-0.2, 0) is 6.42 Å². The smallest absolute Gasteiger partial charge is 0.245 e. The van der Waals surface area contributed by atoms with E-state index in [1.165, 1.54) is 0 Å². The Kier molecular flexibility index (Phi) is 3.73. The molecule has 0 aliphatic carbocycles. The average Bonchev–Trinajstić information content (AvgIpc) is 2.76. The van der Waals surface area contributed by atoms with Crippen LogP contribution in [0.15, 0.2) is 28.8 Å². The molecule has 0 saturated carbocycles. The fourth-order valence-electron chi connectivity index (χ4n) is 1.40. The molecule has 17 heavy (non-hydrogen) atoms. The molecule has 2 rings (SSSR count). The Morgan fingerprint density at radius 3 is 3.00 bits per heavy atom. The number of hydrogen-bond donors (Lipinski definition) is 2. The summed E-state index contributed by atoms with van der Waals surface area (Å²) >= 11 is 5.87. The first-order valence-electron chi connectivity index (χ1n) is 5.12. The molecular formula is C11H12ClN3O2. The molecule has 0 fully saturated rings. The van der Waals surface area contributed by atoms with Gasteiger partial charge in [0.25, 0.3) is 0 Å². The Morgan fingerprint density at radius 1 is 1.47 bits per heavy atom. The van der Waals surface area contributed by atoms with Gasteiger partial charge >= 0.3 is 0 Å². The lowest BCUT2D eigenvalue weighted by atomic mass is 10.1. The zero-order valence-electron chi connectivity index (χ0n) is 9.01. The Balaban J connectivity index is 2.11. The molecule has 0 aliphatic rings. The van der Waals surface area contributed by atoms with Crippen molar-refractivity contribution in [2.75, 3.05) is 6.61 Å². The molecule has 0 radical (unpaired) electrons. The van der Waals surface area contributed by atoms with Crippen molar-refractivity contribution in [3.63, 3.8) is 0 Å². The summed E-state index contributed by atoms with van der Waals surface area (Å²) in [4.78, 5) is 4.10. The molecule has 0 aliphatic heterocycles. The minimum atomic E-state index is -0.629. The van der Waals surface area contributed by atoms with E-state index < -0.39 is 6.04 Å². The number of hydrogen-bond acceptors (Lipinski definition) is 5. The van der Waals surface area contributed by atoms with Gasteiger partial charge in [0.2, 0.25) is 5.89 Å². The molecule has 6 heteroatoms. The van der Waals surface area contributed by atoms with Gasteiger partial charge in [-0.25, -0.2) is 0 Å². The first-order valence-corrected chi connectivity index (χ1v) is 5.50. The average molecular weight is 254 g/mol. The molecule has 90 valence electrons. The second-order valence-corrected chi connectivity index (χ2v) is 4.08. The van der Waals surface area contributed by atoms with Crippen LogP contribution in [0.25, 0.3) is 0 Å². The van der Waals surface area contributed by atoms with E-state index >= 15 is 0 Å². The monoisotopic (exact) mass is 253 g/mol. The van der Waals surface area contributed by atoms with Crippen LogP contribution in [0.4, 0.5) is 0 Å². The Morgan fingerprint density at radius 2 is 2.29 bits per heavy atom. The van der Waals surface area contributed by atoms with E-state index in [4.69, 9.17) is 27.0 Å². The molecule has 1 aromatic carbocycles. The van der Waals surface area contributed by atoms with Crippen molar-refractivity contribution < 1.29 is 9.63 Å². The van der Waals surface area contributed by atoms with Crippen molar-refractivity contribution in [1.29, 1.82) is 0 Å². The largest absolute Gasteiger partial charge is 0.394 e. The van der Waals surface area contributed by atoms with E-state index in [0.717, 1.165) is 5.56 Å². The maximum atomic E-state index is 8.85. The second kappa shape index (κ2) is 5.27. The predicted molar refractivity (Wildman–Crippen MR) is 62.6 cm³/mol. The number of aliphatic hydroxyl groups is 1. The topological polar surface area (TPSA) is 85.2 Å². The molecule has 1 heterocycles. The van der Waals surface area contributed by atoms with Crippen LogP contribution in [0, 0.1) is 0 Å². The molecule has 1 unspecified atom stereocenters. The van der Waals surface area contributed by atoms with Crippen molar-refractivity contribution >= 4 is 11.6 Å². The van der Waals surface area contributed by atoms with Gasteiger partial charge in [0.05, 0.1) is 6.61 Å². The summed E-state index contributed by atoms with van der Waals surface area (Å²) in [5.74, 6) is 0.760. The summed E-state index contributed by atoms with van der Waals surface area (Å²) < 4.78 is 4.94. The van der Waals surface area contributed by atoms with Gasteiger partial charge < -0.3 is 15.4 Å². The van der Waals surface area contributed by atoms with Gasteiger partial charge in [-0.2, -0.15) is 4.98 Å². The minimum Gasteiger partial charge on any atom is -0.394 e. The van der Waals surface area contributed by atoms with Crippen LogP contribution in [0.3, 0.4) is 0 Å². The number of benzene rings is 1. The van der Waals surface area contributed by atoms with Gasteiger partial charge in [-0.05, 0) is 17.7 Å². The number of nitrogens with two attached hydrogens (primary N) is 1. The van der Waals surface area contributed by atoms with E-state index in [-0.39, 0.29) is 12.5 Å². The Labute approximate surface area is 103 Å². The highest BCUT2D eigenvalue weighted by molar-refractivity contribution is 6.30. The van der Waals surface area contributed by atoms with Gasteiger partial charge in [-0.15, -0.1) is 0 Å². The summed E-state index contributed by atoms with van der Waals surface area (Å²) in [5, 5.41) is 13.3. The van der Waals surface area contributed by atoms with E-state index in [2.05, 4.69) is 10.1 Å². The van der Waals surface area contributed by atoms with Crippen molar-refractivity contribution in [2.45, 2.75) is 12.5 Å². The summed E-state index contributed by atoms with van der Waals surface area (Å²) in [6.07, 6.45) is 0.516. The summed E-state index contributed by atoms with van der Waals surface area (Å²) in [7, 11) is 0. The van der Waals surface area contributed by atoms with E-state index in [0.29, 0.717) is 17.3 Å². The fourth-order valence-corrected chi connectivity index (χ4v) is 1.61. The van der Waals surface area contributed by atoms with Crippen LogP contribution in [0.2, 0.25) is 5.02 Å². The van der Waals surface area contributed by atoms with E-state index in [1.807, 2.05) is 18.2 Å². The normalized spacial score (nSPS) is 12.6. The molecule has 1 atom stereocenters. The SMILES string of the molecule is NC(CO)c1nc(Cc2cccc(Cl)c2)no1. The van der Waals surface area contributed by atoms with Crippen molar-refractivity contribution in [2.24, 2.45) is 5.73 Å². The van der Waals surface area contributed by atoms with Gasteiger partial charge in [-0.1, -0.05) is 28.9 Å². The summed E-state index contributed by atoms with van der Waals surface area (Å²) in [6.45, 7) is -0.223. The highest BCUT2D eigenvalue weighted by Crippen LogP contribution is 2.14. The third kappa shape index (κ3) is 3.03. The first kappa shape index (κ1) is 12.0. The van der Waals surface area contributed by atoms with Crippen LogP contribution in [0.5, 0.6) is 0 Å². The molecule has 5 nitrogen and oxygen atoms in total. The summed E-state index contributed by atoms with van der Waals surface area (Å²) in [5.41, 5.74) is 6.55. The van der Waals surface area contributed by atoms with Gasteiger partial charge in [0, 0.05) is 11.4 Å². The number of rotatable bonds is 4. The number of aromatic nitrogens is 2. The molecule has 0 amide bonds. The van der Waals surface area contributed by atoms with E-state index in [1.54, 1.807) is 6.07 Å². The first-order chi connectivity index (χ1) is 8.19. The van der Waals surface area contributed by atoms with Gasteiger partial charge in [-0.3, -0.25) is 0 Å². The van der Waals surface area contributed by atoms with Crippen molar-refractivity contribution in [3.05, 3.63) is 46.6 Å². The molecule has 0 saturated heterocycles. The maximum absolute atomic E-state index is 8.85. The third-order valence-corrected chi connectivity index (χ3v) is 2.48. The maximum Gasteiger partial charge on any atom is 0.245 e. The summed E-state index contributed by atoms with van der Waals surface area (Å²) in [6, 6.07) is 6.79. The molecule has 2 aromatic rings. The molecule has 3 N–H and O–H groups in total. The molecule has 0 spiro atoms. The van der Waals surface area contributed by atoms with E-state index in [9.17, 15) is 0 Å². The zero-order chi connectivity index (χ0) is 12.3. The lowest BCUT2D eigenvalue weighted by molar-refractivity contribution is 0.236. The predicted octanol–water partition coefficient (Wildman–Crippen LogP) is 1.31. The van der Waals surface area contributed by atoms with Crippen LogP contribution < -0.4 is 5.73 Å². The molecule has 0 bridgehead atoms. The van der Waals surface area contributed by atoms with Crippen molar-refractivity contribution in [3.8, 4) is 0 Å². The highest BCUT2D eigenvalue weighted by atomic mass is 35.5. The lowest BCUT2D eigenvalue weighted by Gasteiger charge is -1.99. The third-order valence-electron chi connectivity index (χ3n) is 2.25. The second-order valence-electron chi connectivity index (χ2n) is 3.64. The Hall–Kier alpha value is -1.43.